The molecule has 4 nitrogen and oxygen atoms in total. The average Bonchev–Trinajstić information content (AvgIpc) is 2.69. The van der Waals surface area contributed by atoms with Crippen molar-refractivity contribution < 1.29 is 13.9 Å². The van der Waals surface area contributed by atoms with Gasteiger partial charge in [0.1, 0.15) is 11.6 Å². The second-order valence-electron chi connectivity index (χ2n) is 6.22. The van der Waals surface area contributed by atoms with Crippen molar-refractivity contribution in [3.8, 4) is 5.75 Å². The molecule has 0 unspecified atom stereocenters. The van der Waals surface area contributed by atoms with Gasteiger partial charge in [-0.2, -0.15) is 0 Å². The van der Waals surface area contributed by atoms with Gasteiger partial charge in [0.25, 0.3) is 0 Å². The average molecular weight is 389 g/mol. The molecule has 0 aliphatic carbocycles. The molecule has 0 radical (unpaired) electrons. The van der Waals surface area contributed by atoms with E-state index < -0.39 is 5.82 Å². The van der Waals surface area contributed by atoms with E-state index in [4.69, 9.17) is 16.3 Å². The third-order valence-electron chi connectivity index (χ3n) is 4.46. The fourth-order valence-electron chi connectivity index (χ4n) is 3.05. The number of nitrogens with zero attached hydrogens (tertiary/aromatic N) is 2. The molecule has 3 rings (SSSR count). The Balaban J connectivity index is 1.59. The van der Waals surface area contributed by atoms with Crippen LogP contribution in [0.15, 0.2) is 48.5 Å². The molecule has 1 heterocycles. The number of hydrogen-bond acceptors (Lipinski definition) is 3. The van der Waals surface area contributed by atoms with Crippen molar-refractivity contribution in [2.24, 2.45) is 0 Å². The van der Waals surface area contributed by atoms with Crippen molar-refractivity contribution in [3.63, 3.8) is 0 Å². The van der Waals surface area contributed by atoms with E-state index in [0.29, 0.717) is 25.3 Å². The van der Waals surface area contributed by atoms with E-state index in [2.05, 4.69) is 4.90 Å². The summed E-state index contributed by atoms with van der Waals surface area (Å²) in [5.74, 6) is 0.338. The van der Waals surface area contributed by atoms with Gasteiger partial charge in [0.2, 0.25) is 5.91 Å². The zero-order valence-corrected chi connectivity index (χ0v) is 16.0. The molecule has 6 heteroatoms. The Morgan fingerprint density at radius 2 is 1.93 bits per heavy atom. The Bertz CT molecular complexity index is 833. The fourth-order valence-corrected chi connectivity index (χ4v) is 3.24. The highest BCUT2D eigenvalue weighted by Crippen LogP contribution is 2.28. The lowest BCUT2D eigenvalue weighted by molar-refractivity contribution is -0.126. The molecular formula is C21H22ClFN2O2. The Hall–Kier alpha value is -2.53. The van der Waals surface area contributed by atoms with Crippen LogP contribution in [0.4, 0.5) is 10.1 Å². The van der Waals surface area contributed by atoms with Crippen molar-refractivity contribution in [1.29, 1.82) is 0 Å². The number of carbonyl (C=O) groups is 1. The van der Waals surface area contributed by atoms with Crippen LogP contribution in [0.3, 0.4) is 0 Å². The molecule has 0 atom stereocenters. The Labute approximate surface area is 163 Å². The lowest BCUT2D eigenvalue weighted by atomic mass is 10.2. The summed E-state index contributed by atoms with van der Waals surface area (Å²) in [7, 11) is 0. The highest BCUT2D eigenvalue weighted by atomic mass is 35.5. The number of hydrogen-bond donors (Lipinski definition) is 0. The van der Waals surface area contributed by atoms with Gasteiger partial charge in [-0.25, -0.2) is 4.39 Å². The van der Waals surface area contributed by atoms with Crippen LogP contribution in [-0.4, -0.2) is 43.6 Å². The normalized spacial score (nSPS) is 14.6. The molecule has 1 aliphatic heterocycles. The first-order valence-electron chi connectivity index (χ1n) is 8.97. The van der Waals surface area contributed by atoms with E-state index in [9.17, 15) is 9.18 Å². The summed E-state index contributed by atoms with van der Waals surface area (Å²) in [5, 5.41) is 0.0474. The highest BCUT2D eigenvalue weighted by molar-refractivity contribution is 6.30. The Kier molecular flexibility index (Phi) is 6.35. The molecule has 0 bridgehead atoms. The smallest absolute Gasteiger partial charge is 0.246 e. The van der Waals surface area contributed by atoms with Gasteiger partial charge in [-0.15, -0.1) is 0 Å². The zero-order valence-electron chi connectivity index (χ0n) is 15.2. The maximum Gasteiger partial charge on any atom is 0.246 e. The van der Waals surface area contributed by atoms with E-state index in [1.54, 1.807) is 17.0 Å². The summed E-state index contributed by atoms with van der Waals surface area (Å²) in [5.41, 5.74) is 1.75. The molecule has 27 heavy (non-hydrogen) atoms. The molecular weight excluding hydrogens is 367 g/mol. The van der Waals surface area contributed by atoms with Crippen molar-refractivity contribution in [2.45, 2.75) is 6.92 Å². The first-order chi connectivity index (χ1) is 13.1. The Morgan fingerprint density at radius 1 is 1.19 bits per heavy atom. The highest BCUT2D eigenvalue weighted by Gasteiger charge is 2.21. The van der Waals surface area contributed by atoms with Gasteiger partial charge in [-0.3, -0.25) is 4.79 Å². The number of benzene rings is 2. The summed E-state index contributed by atoms with van der Waals surface area (Å²) < 4.78 is 18.9. The molecule has 142 valence electrons. The predicted molar refractivity (Wildman–Crippen MR) is 107 cm³/mol. The summed E-state index contributed by atoms with van der Waals surface area (Å²) in [6.07, 6.45) is 3.16. The van der Waals surface area contributed by atoms with Crippen LogP contribution >= 0.6 is 11.6 Å². The molecule has 0 spiro atoms. The van der Waals surface area contributed by atoms with Gasteiger partial charge in [0, 0.05) is 32.3 Å². The van der Waals surface area contributed by atoms with Crippen molar-refractivity contribution >= 4 is 29.3 Å². The van der Waals surface area contributed by atoms with Crippen LogP contribution in [0.25, 0.3) is 6.08 Å². The molecule has 2 aromatic rings. The molecule has 1 aliphatic rings. The van der Waals surface area contributed by atoms with Crippen LogP contribution in [-0.2, 0) is 4.79 Å². The van der Waals surface area contributed by atoms with E-state index >= 15 is 0 Å². The van der Waals surface area contributed by atoms with Crippen molar-refractivity contribution in [1.82, 2.24) is 4.90 Å². The second kappa shape index (κ2) is 8.91. The topological polar surface area (TPSA) is 32.8 Å². The van der Waals surface area contributed by atoms with Gasteiger partial charge >= 0.3 is 0 Å². The van der Waals surface area contributed by atoms with Gasteiger partial charge in [-0.05, 0) is 42.8 Å². The number of para-hydroxylation sites is 2. The first-order valence-corrected chi connectivity index (χ1v) is 9.35. The summed E-state index contributed by atoms with van der Waals surface area (Å²) in [4.78, 5) is 16.5. The quantitative estimate of drug-likeness (QED) is 0.718. The largest absolute Gasteiger partial charge is 0.492 e. The summed E-state index contributed by atoms with van der Waals surface area (Å²) in [6, 6.07) is 12.3. The molecule has 2 aromatic carbocycles. The Morgan fingerprint density at radius 3 is 2.63 bits per heavy atom. The molecule has 1 saturated heterocycles. The van der Waals surface area contributed by atoms with Crippen LogP contribution in [0.5, 0.6) is 5.75 Å². The van der Waals surface area contributed by atoms with Crippen LogP contribution < -0.4 is 9.64 Å². The summed E-state index contributed by atoms with van der Waals surface area (Å²) >= 11 is 5.77. The van der Waals surface area contributed by atoms with E-state index in [0.717, 1.165) is 24.5 Å². The third-order valence-corrected chi connectivity index (χ3v) is 4.75. The van der Waals surface area contributed by atoms with Gasteiger partial charge in [-0.1, -0.05) is 29.8 Å². The predicted octanol–water partition coefficient (Wildman–Crippen LogP) is 4.24. The maximum absolute atomic E-state index is 13.2. The minimum atomic E-state index is -0.469. The molecule has 0 aromatic heterocycles. The monoisotopic (exact) mass is 388 g/mol. The van der Waals surface area contributed by atoms with Crippen LogP contribution in [0.2, 0.25) is 5.02 Å². The van der Waals surface area contributed by atoms with Gasteiger partial charge < -0.3 is 14.5 Å². The third kappa shape index (κ3) is 4.80. The van der Waals surface area contributed by atoms with Gasteiger partial charge in [0.05, 0.1) is 17.3 Å². The fraction of sp³-hybridized carbons (Fsp3) is 0.286. The standard InChI is InChI=1S/C21H22ClFN2O2/c1-2-27-20-6-4-3-5-19(20)24-11-13-25(14-12-24)21(26)10-8-16-7-9-18(23)17(22)15-16/h3-10,15H,2,11-14H2,1H3/b10-8+. The molecule has 1 amide bonds. The maximum atomic E-state index is 13.2. The summed E-state index contributed by atoms with van der Waals surface area (Å²) in [6.45, 7) is 5.33. The van der Waals surface area contributed by atoms with Gasteiger partial charge in [0.15, 0.2) is 0 Å². The zero-order chi connectivity index (χ0) is 19.2. The number of piperazine rings is 1. The lowest BCUT2D eigenvalue weighted by Crippen LogP contribution is -2.48. The van der Waals surface area contributed by atoms with Crippen LogP contribution in [0.1, 0.15) is 12.5 Å². The first kappa shape index (κ1) is 19.2. The SMILES string of the molecule is CCOc1ccccc1N1CCN(C(=O)/C=C/c2ccc(F)c(Cl)c2)CC1. The van der Waals surface area contributed by atoms with Crippen molar-refractivity contribution in [2.75, 3.05) is 37.7 Å². The molecule has 1 fully saturated rings. The van der Waals surface area contributed by atoms with Crippen LogP contribution in [0, 0.1) is 5.82 Å². The number of ether oxygens (including phenoxy) is 1. The molecule has 0 saturated carbocycles. The lowest BCUT2D eigenvalue weighted by Gasteiger charge is -2.36. The number of halogens is 2. The minimum Gasteiger partial charge on any atom is -0.492 e. The van der Waals surface area contributed by atoms with E-state index in [1.165, 1.54) is 18.2 Å². The van der Waals surface area contributed by atoms with E-state index in [-0.39, 0.29) is 10.9 Å². The number of rotatable bonds is 5. The molecule has 0 N–H and O–H groups in total. The number of anilines is 1. The minimum absolute atomic E-state index is 0.0474. The number of carbonyl (C=O) groups excluding carboxylic acids is 1. The second-order valence-corrected chi connectivity index (χ2v) is 6.63. The van der Waals surface area contributed by atoms with E-state index in [1.807, 2.05) is 31.2 Å². The van der Waals surface area contributed by atoms with Crippen molar-refractivity contribution in [3.05, 3.63) is 64.9 Å². The number of amides is 1.